The summed E-state index contributed by atoms with van der Waals surface area (Å²) in [6, 6.07) is 1.92. The van der Waals surface area contributed by atoms with Gasteiger partial charge in [0.15, 0.2) is 5.65 Å². The van der Waals surface area contributed by atoms with Crippen molar-refractivity contribution >= 4 is 22.9 Å². The van der Waals surface area contributed by atoms with E-state index < -0.39 is 0 Å². The van der Waals surface area contributed by atoms with Crippen LogP contribution in [0.2, 0.25) is 0 Å². The number of nitrogens with zero attached hydrogens (tertiary/aromatic N) is 5. The first-order valence-electron chi connectivity index (χ1n) is 10.6. The Morgan fingerprint density at radius 3 is 2.88 bits per heavy atom. The number of carbonyl (C=O) groups excluding carboxylic acids is 1. The molecule has 2 bridgehead atoms. The number of pyridine rings is 1. The fourth-order valence-electron chi connectivity index (χ4n) is 5.21. The second-order valence-electron chi connectivity index (χ2n) is 9.32. The van der Waals surface area contributed by atoms with Crippen LogP contribution in [0.15, 0.2) is 37.1 Å². The van der Waals surface area contributed by atoms with Gasteiger partial charge in [0.2, 0.25) is 0 Å². The van der Waals surface area contributed by atoms with E-state index in [-0.39, 0.29) is 16.9 Å². The second-order valence-corrected chi connectivity index (χ2v) is 9.32. The summed E-state index contributed by atoms with van der Waals surface area (Å²) >= 11 is 0. The number of hydrogen-bond donors (Lipinski definition) is 1. The van der Waals surface area contributed by atoms with Gasteiger partial charge in [-0.1, -0.05) is 0 Å². The minimum absolute atomic E-state index is 0.00842. The second kappa shape index (κ2) is 6.60. The average molecular weight is 432 g/mol. The molecular formula is C23H24N6O3. The van der Waals surface area contributed by atoms with Gasteiger partial charge < -0.3 is 19.2 Å². The smallest absolute Gasteiger partial charge is 0.257 e. The zero-order valence-electron chi connectivity index (χ0n) is 18.3. The van der Waals surface area contributed by atoms with Gasteiger partial charge >= 0.3 is 0 Å². The molecule has 32 heavy (non-hydrogen) atoms. The van der Waals surface area contributed by atoms with Crippen LogP contribution in [0.5, 0.6) is 0 Å². The van der Waals surface area contributed by atoms with Crippen molar-refractivity contribution in [2.75, 3.05) is 19.0 Å². The Labute approximate surface area is 184 Å². The van der Waals surface area contributed by atoms with Crippen LogP contribution in [0.3, 0.4) is 0 Å². The van der Waals surface area contributed by atoms with Crippen LogP contribution in [0.1, 0.15) is 46.9 Å². The van der Waals surface area contributed by atoms with Crippen molar-refractivity contribution in [3.05, 3.63) is 59.4 Å². The zero-order valence-corrected chi connectivity index (χ0v) is 18.3. The topological polar surface area (TPSA) is 95.0 Å². The maximum absolute atomic E-state index is 13.3. The molecule has 4 aromatic rings. The Kier molecular flexibility index (Phi) is 4.00. The summed E-state index contributed by atoms with van der Waals surface area (Å²) in [7, 11) is 1.62. The summed E-state index contributed by atoms with van der Waals surface area (Å²) in [5.74, 6) is -0.245. The number of ether oxygens (including phenoxy) is 2. The monoisotopic (exact) mass is 432 g/mol. The molecule has 1 saturated carbocycles. The van der Waals surface area contributed by atoms with Gasteiger partial charge in [-0.3, -0.25) is 4.79 Å². The minimum Gasteiger partial charge on any atom is -0.380 e. The molecule has 7 rings (SSSR count). The highest BCUT2D eigenvalue weighted by Gasteiger charge is 2.61. The third kappa shape index (κ3) is 2.85. The van der Waals surface area contributed by atoms with Gasteiger partial charge in [0, 0.05) is 37.3 Å². The molecule has 4 aromatic heterocycles. The molecule has 0 spiro atoms. The summed E-state index contributed by atoms with van der Waals surface area (Å²) in [6.45, 7) is 5.11. The van der Waals surface area contributed by atoms with E-state index in [1.54, 1.807) is 24.0 Å². The molecule has 1 amide bonds. The lowest BCUT2D eigenvalue weighted by atomic mass is 9.62. The zero-order chi connectivity index (χ0) is 22.1. The number of aryl methyl sites for hydroxylation is 1. The lowest BCUT2D eigenvalue weighted by Gasteiger charge is -2.41. The van der Waals surface area contributed by atoms with E-state index in [0.717, 1.165) is 35.3 Å². The number of aromatic nitrogens is 5. The van der Waals surface area contributed by atoms with E-state index in [2.05, 4.69) is 22.3 Å². The summed E-state index contributed by atoms with van der Waals surface area (Å²) in [4.78, 5) is 22.5. The van der Waals surface area contributed by atoms with E-state index in [1.807, 2.05) is 36.0 Å². The lowest BCUT2D eigenvalue weighted by Crippen LogP contribution is -2.45. The van der Waals surface area contributed by atoms with Crippen molar-refractivity contribution < 1.29 is 14.3 Å². The van der Waals surface area contributed by atoms with Crippen molar-refractivity contribution in [1.29, 1.82) is 0 Å². The SMILES string of the molecule is COCc1cc2nc(C34COC(C)(C3)C4)cn2cc1C(=O)Nc1cnn2cc(C)cnc12. The average Bonchev–Trinajstić information content (AvgIpc) is 3.48. The van der Waals surface area contributed by atoms with E-state index in [9.17, 15) is 4.79 Å². The van der Waals surface area contributed by atoms with Crippen molar-refractivity contribution in [3.63, 3.8) is 0 Å². The maximum Gasteiger partial charge on any atom is 0.257 e. The standard InChI is InChI=1S/C23H24N6O3/c1-14-5-24-20-17(6-25-29(20)7-14)26-21(30)16-8-28-9-18(23-11-22(2,12-23)32-13-23)27-19(28)4-15(16)10-31-3/h4-9H,10-13H2,1-3H3,(H,26,30). The molecule has 1 aliphatic carbocycles. The molecule has 2 saturated heterocycles. The molecule has 1 N–H and O–H groups in total. The molecule has 0 aromatic carbocycles. The van der Waals surface area contributed by atoms with Crippen LogP contribution in [0, 0.1) is 6.92 Å². The van der Waals surface area contributed by atoms with Gasteiger partial charge in [0.25, 0.3) is 5.91 Å². The Morgan fingerprint density at radius 1 is 1.28 bits per heavy atom. The number of carbonyl (C=O) groups is 1. The summed E-state index contributed by atoms with van der Waals surface area (Å²) in [5.41, 5.74) is 5.23. The first-order valence-corrected chi connectivity index (χ1v) is 10.6. The van der Waals surface area contributed by atoms with Gasteiger partial charge in [0.1, 0.15) is 11.3 Å². The van der Waals surface area contributed by atoms with Gasteiger partial charge in [-0.15, -0.1) is 0 Å². The number of rotatable bonds is 5. The Balaban J connectivity index is 1.36. The van der Waals surface area contributed by atoms with Crippen LogP contribution >= 0.6 is 0 Å². The number of imidazole rings is 1. The maximum atomic E-state index is 13.3. The molecule has 0 atom stereocenters. The Bertz CT molecular complexity index is 1380. The molecule has 9 heteroatoms. The van der Waals surface area contributed by atoms with Crippen molar-refractivity contribution in [1.82, 2.24) is 24.0 Å². The number of amides is 1. The number of nitrogens with one attached hydrogen (secondary N) is 1. The summed E-state index contributed by atoms with van der Waals surface area (Å²) < 4.78 is 14.9. The first-order chi connectivity index (χ1) is 15.4. The van der Waals surface area contributed by atoms with Gasteiger partial charge in [-0.05, 0) is 43.9 Å². The Morgan fingerprint density at radius 2 is 2.12 bits per heavy atom. The van der Waals surface area contributed by atoms with Crippen molar-refractivity contribution in [2.45, 2.75) is 44.3 Å². The number of fused-ring (bicyclic) bond motifs is 3. The van der Waals surface area contributed by atoms with Crippen LogP contribution in [-0.2, 0) is 21.5 Å². The number of anilines is 1. The molecule has 164 valence electrons. The molecule has 3 aliphatic rings. The highest BCUT2D eigenvalue weighted by atomic mass is 16.5. The van der Waals surface area contributed by atoms with Crippen LogP contribution in [0.4, 0.5) is 5.69 Å². The normalized spacial score (nSPS) is 24.2. The molecule has 9 nitrogen and oxygen atoms in total. The number of hydrogen-bond acceptors (Lipinski definition) is 6. The molecule has 3 fully saturated rings. The highest BCUT2D eigenvalue weighted by molar-refractivity contribution is 6.06. The molecular weight excluding hydrogens is 408 g/mol. The van der Waals surface area contributed by atoms with Gasteiger partial charge in [0.05, 0.1) is 36.3 Å². The van der Waals surface area contributed by atoms with Crippen molar-refractivity contribution in [3.8, 4) is 0 Å². The minimum atomic E-state index is -0.245. The van der Waals surface area contributed by atoms with Gasteiger partial charge in [-0.2, -0.15) is 5.10 Å². The largest absolute Gasteiger partial charge is 0.380 e. The fourth-order valence-corrected chi connectivity index (χ4v) is 5.21. The van der Waals surface area contributed by atoms with E-state index in [0.29, 0.717) is 30.1 Å². The molecule has 2 aliphatic heterocycles. The first kappa shape index (κ1) is 19.4. The fraction of sp³-hybridized carbons (Fsp3) is 0.391. The molecule has 6 heterocycles. The van der Waals surface area contributed by atoms with Crippen molar-refractivity contribution in [2.24, 2.45) is 0 Å². The quantitative estimate of drug-likeness (QED) is 0.521. The van der Waals surface area contributed by atoms with Crippen LogP contribution in [-0.4, -0.2) is 49.2 Å². The highest BCUT2D eigenvalue weighted by Crippen LogP contribution is 2.58. The molecule has 0 radical (unpaired) electrons. The van der Waals surface area contributed by atoms with Crippen LogP contribution < -0.4 is 5.32 Å². The van der Waals surface area contributed by atoms with E-state index in [1.165, 1.54) is 0 Å². The summed E-state index contributed by atoms with van der Waals surface area (Å²) in [5, 5.41) is 7.24. The van der Waals surface area contributed by atoms with E-state index >= 15 is 0 Å². The number of methoxy groups -OCH3 is 1. The predicted molar refractivity (Wildman–Crippen MR) is 117 cm³/mol. The predicted octanol–water partition coefficient (Wildman–Crippen LogP) is 2.90. The van der Waals surface area contributed by atoms with Crippen LogP contribution in [0.25, 0.3) is 11.3 Å². The third-order valence-corrected chi connectivity index (χ3v) is 6.62. The van der Waals surface area contributed by atoms with Gasteiger partial charge in [-0.25, -0.2) is 14.5 Å². The summed E-state index contributed by atoms with van der Waals surface area (Å²) in [6.07, 6.45) is 11.0. The lowest BCUT2D eigenvalue weighted by molar-refractivity contribution is 0.0154. The third-order valence-electron chi connectivity index (χ3n) is 6.62. The van der Waals surface area contributed by atoms with E-state index in [4.69, 9.17) is 14.5 Å². The molecule has 0 unspecified atom stereocenters. The Hall–Kier alpha value is -3.30.